The second-order valence-electron chi connectivity index (χ2n) is 2.92. The minimum Gasteiger partial charge on any atom is -0.491 e. The van der Waals surface area contributed by atoms with Crippen molar-refractivity contribution in [3.05, 3.63) is 36.5 Å². The van der Waals surface area contributed by atoms with E-state index < -0.39 is 0 Å². The van der Waals surface area contributed by atoms with E-state index in [9.17, 15) is 4.39 Å². The first-order valence-corrected chi connectivity index (χ1v) is 3.88. The van der Waals surface area contributed by atoms with Crippen LogP contribution in [0.2, 0.25) is 0 Å². The summed E-state index contributed by atoms with van der Waals surface area (Å²) in [6.45, 7) is 7.31. The van der Waals surface area contributed by atoms with Crippen LogP contribution in [0.3, 0.4) is 0 Å². The van der Waals surface area contributed by atoms with Crippen LogP contribution >= 0.6 is 0 Å². The van der Waals surface area contributed by atoms with E-state index >= 15 is 0 Å². The third-order valence-corrected chi connectivity index (χ3v) is 1.40. The molecule has 0 aliphatic heterocycles. The maximum atomic E-state index is 12.9. The maximum absolute atomic E-state index is 12.9. The predicted octanol–water partition coefficient (Wildman–Crippen LogP) is 2.80. The lowest BCUT2D eigenvalue weighted by molar-refractivity contribution is 0.241. The smallest absolute Gasteiger partial charge is 0.130 e. The summed E-state index contributed by atoms with van der Waals surface area (Å²) in [7, 11) is 0. The number of ether oxygens (including phenoxy) is 1. The third-order valence-electron chi connectivity index (χ3n) is 1.40. The molecule has 0 spiro atoms. The average molecular weight is 167 g/mol. The topological polar surface area (TPSA) is 9.23 Å². The quantitative estimate of drug-likeness (QED) is 0.658. The van der Waals surface area contributed by atoms with Crippen molar-refractivity contribution in [3.8, 4) is 5.75 Å². The molecule has 1 aromatic rings. The lowest BCUT2D eigenvalue weighted by Crippen LogP contribution is -2.05. The molecule has 1 nitrogen and oxygen atoms in total. The Labute approximate surface area is 72.2 Å². The van der Waals surface area contributed by atoms with Crippen molar-refractivity contribution in [2.24, 2.45) is 0 Å². The Balaban J connectivity index is 2.82. The average Bonchev–Trinajstić information content (AvgIpc) is 1.96. The van der Waals surface area contributed by atoms with Gasteiger partial charge in [-0.1, -0.05) is 6.07 Å². The highest BCUT2D eigenvalue weighted by Gasteiger charge is 2.01. The summed E-state index contributed by atoms with van der Waals surface area (Å²) in [6, 6.07) is 4.67. The Morgan fingerprint density at radius 1 is 1.42 bits per heavy atom. The van der Waals surface area contributed by atoms with Crippen molar-refractivity contribution >= 4 is 0 Å². The Morgan fingerprint density at radius 3 is 2.58 bits per heavy atom. The van der Waals surface area contributed by atoms with Gasteiger partial charge in [-0.3, -0.25) is 0 Å². The van der Waals surface area contributed by atoms with Gasteiger partial charge in [-0.2, -0.15) is 0 Å². The molecule has 12 heavy (non-hydrogen) atoms. The van der Waals surface area contributed by atoms with Gasteiger partial charge in [0.05, 0.1) is 6.10 Å². The molecule has 1 radical (unpaired) electrons. The molecule has 0 aromatic heterocycles. The molecule has 0 amide bonds. The van der Waals surface area contributed by atoms with Crippen LogP contribution in [0.4, 0.5) is 4.39 Å². The van der Waals surface area contributed by atoms with Crippen molar-refractivity contribution in [2.75, 3.05) is 0 Å². The van der Waals surface area contributed by atoms with Gasteiger partial charge in [-0.05, 0) is 32.4 Å². The van der Waals surface area contributed by atoms with Crippen molar-refractivity contribution in [1.82, 2.24) is 0 Å². The van der Waals surface area contributed by atoms with E-state index in [0.717, 1.165) is 0 Å². The SMILES string of the molecule is [CH2]c1ccc(OC(C)C)cc1F. The Morgan fingerprint density at radius 2 is 2.08 bits per heavy atom. The zero-order chi connectivity index (χ0) is 9.14. The van der Waals surface area contributed by atoms with Gasteiger partial charge in [0.25, 0.3) is 0 Å². The summed E-state index contributed by atoms with van der Waals surface area (Å²) in [5.74, 6) is 0.225. The highest BCUT2D eigenvalue weighted by molar-refractivity contribution is 5.30. The highest BCUT2D eigenvalue weighted by atomic mass is 19.1. The Hall–Kier alpha value is -1.05. The van der Waals surface area contributed by atoms with E-state index in [2.05, 4.69) is 6.92 Å². The fourth-order valence-electron chi connectivity index (χ4n) is 0.874. The number of halogens is 1. The third kappa shape index (κ3) is 2.22. The molecule has 0 unspecified atom stereocenters. The Bertz CT molecular complexity index is 269. The second kappa shape index (κ2) is 3.57. The highest BCUT2D eigenvalue weighted by Crippen LogP contribution is 2.16. The second-order valence-corrected chi connectivity index (χ2v) is 2.92. The molecule has 0 N–H and O–H groups in total. The first kappa shape index (κ1) is 9.04. The zero-order valence-corrected chi connectivity index (χ0v) is 7.30. The minimum atomic E-state index is -0.326. The molecule has 0 aliphatic carbocycles. The summed E-state index contributed by atoms with van der Waals surface area (Å²) in [5.41, 5.74) is 0.395. The molecule has 0 bridgehead atoms. The van der Waals surface area contributed by atoms with Gasteiger partial charge in [0.15, 0.2) is 0 Å². The van der Waals surface area contributed by atoms with Gasteiger partial charge in [-0.15, -0.1) is 0 Å². The van der Waals surface area contributed by atoms with Gasteiger partial charge < -0.3 is 4.74 Å². The summed E-state index contributed by atoms with van der Waals surface area (Å²) < 4.78 is 18.2. The molecule has 0 saturated heterocycles. The molecule has 0 saturated carbocycles. The number of hydrogen-bond donors (Lipinski definition) is 0. The molecule has 2 heteroatoms. The van der Waals surface area contributed by atoms with Gasteiger partial charge in [0.1, 0.15) is 11.6 Å². The van der Waals surface area contributed by atoms with E-state index in [4.69, 9.17) is 4.74 Å². The Kier molecular flexibility index (Phi) is 2.69. The largest absolute Gasteiger partial charge is 0.491 e. The molecule has 0 heterocycles. The maximum Gasteiger partial charge on any atom is 0.130 e. The van der Waals surface area contributed by atoms with Crippen LogP contribution in [0.5, 0.6) is 5.75 Å². The summed E-state index contributed by atoms with van der Waals surface area (Å²) in [4.78, 5) is 0. The predicted molar refractivity (Wildman–Crippen MR) is 46.6 cm³/mol. The molecule has 0 fully saturated rings. The van der Waals surface area contributed by atoms with Crippen molar-refractivity contribution in [2.45, 2.75) is 20.0 Å². The monoisotopic (exact) mass is 167 g/mol. The minimum absolute atomic E-state index is 0.0695. The van der Waals surface area contributed by atoms with Crippen LogP contribution in [0.1, 0.15) is 19.4 Å². The van der Waals surface area contributed by atoms with E-state index in [1.165, 1.54) is 6.07 Å². The van der Waals surface area contributed by atoms with E-state index in [-0.39, 0.29) is 11.9 Å². The molecular formula is C10H12FO. The van der Waals surface area contributed by atoms with E-state index in [1.54, 1.807) is 12.1 Å². The van der Waals surface area contributed by atoms with Crippen LogP contribution < -0.4 is 4.74 Å². The van der Waals surface area contributed by atoms with Crippen molar-refractivity contribution in [1.29, 1.82) is 0 Å². The summed E-state index contributed by atoms with van der Waals surface area (Å²) >= 11 is 0. The normalized spacial score (nSPS) is 10.4. The van der Waals surface area contributed by atoms with Gasteiger partial charge in [0.2, 0.25) is 0 Å². The summed E-state index contributed by atoms with van der Waals surface area (Å²) in [5, 5.41) is 0. The van der Waals surface area contributed by atoms with Crippen LogP contribution in [0.25, 0.3) is 0 Å². The standard InChI is InChI=1S/C10H12FO/c1-7(2)12-9-5-4-8(3)10(11)6-9/h4-7H,3H2,1-2H3. The van der Waals surface area contributed by atoms with Gasteiger partial charge in [0, 0.05) is 6.07 Å². The van der Waals surface area contributed by atoms with E-state index in [1.807, 2.05) is 13.8 Å². The summed E-state index contributed by atoms with van der Waals surface area (Å²) in [6.07, 6.45) is 0.0695. The fraction of sp³-hybridized carbons (Fsp3) is 0.300. The molecular weight excluding hydrogens is 155 g/mol. The van der Waals surface area contributed by atoms with E-state index in [0.29, 0.717) is 11.3 Å². The van der Waals surface area contributed by atoms with Crippen LogP contribution in [-0.2, 0) is 0 Å². The fourth-order valence-corrected chi connectivity index (χ4v) is 0.874. The number of rotatable bonds is 2. The molecule has 0 aliphatic rings. The van der Waals surface area contributed by atoms with Crippen molar-refractivity contribution in [3.63, 3.8) is 0 Å². The van der Waals surface area contributed by atoms with Crippen molar-refractivity contribution < 1.29 is 9.13 Å². The van der Waals surface area contributed by atoms with Gasteiger partial charge >= 0.3 is 0 Å². The number of benzene rings is 1. The molecule has 0 atom stereocenters. The lowest BCUT2D eigenvalue weighted by Gasteiger charge is -2.09. The van der Waals surface area contributed by atoms with Crippen LogP contribution in [-0.4, -0.2) is 6.10 Å². The first-order chi connectivity index (χ1) is 5.59. The first-order valence-electron chi connectivity index (χ1n) is 3.88. The molecule has 65 valence electrons. The molecule has 1 aromatic carbocycles. The van der Waals surface area contributed by atoms with Crippen LogP contribution in [0.15, 0.2) is 18.2 Å². The zero-order valence-electron chi connectivity index (χ0n) is 7.30. The molecule has 1 rings (SSSR count). The number of hydrogen-bond acceptors (Lipinski definition) is 1. The lowest BCUT2D eigenvalue weighted by atomic mass is 10.2. The van der Waals surface area contributed by atoms with Gasteiger partial charge in [-0.25, -0.2) is 4.39 Å². The van der Waals surface area contributed by atoms with Crippen LogP contribution in [0, 0.1) is 12.7 Å².